The molecule has 0 spiro atoms. The predicted molar refractivity (Wildman–Crippen MR) is 85.5 cm³/mol. The summed E-state index contributed by atoms with van der Waals surface area (Å²) in [6.07, 6.45) is 19.0. The van der Waals surface area contributed by atoms with Gasteiger partial charge in [-0.2, -0.15) is 0 Å². The van der Waals surface area contributed by atoms with E-state index in [-0.39, 0.29) is 0 Å². The highest BCUT2D eigenvalue weighted by Gasteiger charge is 2.00. The molecule has 0 bridgehead atoms. The van der Waals surface area contributed by atoms with E-state index in [1.165, 1.54) is 77.0 Å². The molecule has 0 aromatic carbocycles. The molecule has 20 heavy (non-hydrogen) atoms. The molecule has 0 heterocycles. The fourth-order valence-corrected chi connectivity index (χ4v) is 1.95. The maximum atomic E-state index is 8.88. The van der Waals surface area contributed by atoms with Gasteiger partial charge in [0.1, 0.15) is 0 Å². The number of rotatable bonds is 12. The molecule has 0 radical (unpaired) electrons. The van der Waals surface area contributed by atoms with Gasteiger partial charge in [-0.3, -0.25) is 0 Å². The Morgan fingerprint density at radius 1 is 0.800 bits per heavy atom. The van der Waals surface area contributed by atoms with E-state index >= 15 is 0 Å². The minimum absolute atomic E-state index is 1.21. The van der Waals surface area contributed by atoms with Crippen LogP contribution in [-0.4, -0.2) is 14.7 Å². The highest BCUT2D eigenvalue weighted by Crippen LogP contribution is 2.25. The Bertz CT molecular complexity index is 230. The van der Waals surface area contributed by atoms with E-state index in [1.54, 1.807) is 0 Å². The molecule has 0 saturated carbocycles. The summed E-state index contributed by atoms with van der Waals surface area (Å²) in [5, 5.41) is 0. The summed E-state index contributed by atoms with van der Waals surface area (Å²) in [4.78, 5) is 21.6. The first-order valence-electron chi connectivity index (χ1n) is 7.81. The highest BCUT2D eigenvalue weighted by atomic mass is 31.2. The predicted octanol–water partition coefficient (Wildman–Crippen LogP) is 4.94. The summed E-state index contributed by atoms with van der Waals surface area (Å²) in [5.41, 5.74) is 0. The average Bonchev–Trinajstić information content (AvgIpc) is 2.34. The average molecular weight is 308 g/mol. The third-order valence-electron chi connectivity index (χ3n) is 3.01. The van der Waals surface area contributed by atoms with Gasteiger partial charge in [0.15, 0.2) is 0 Å². The summed E-state index contributed by atoms with van der Waals surface area (Å²) >= 11 is 0. The third kappa shape index (κ3) is 36.1. The standard InChI is InChI=1S/C15H30.H3O4P/c1-3-5-7-9-11-13-15-14-12-10-8-6-4-2;1-5(2,3)4/h3H,1,4-15H2,2H3;(H3,1,2,3,4). The molecule has 0 aliphatic carbocycles. The molecule has 0 aliphatic rings. The van der Waals surface area contributed by atoms with Gasteiger partial charge in [-0.15, -0.1) is 6.58 Å². The largest absolute Gasteiger partial charge is 0.466 e. The van der Waals surface area contributed by atoms with E-state index < -0.39 is 7.82 Å². The van der Waals surface area contributed by atoms with Gasteiger partial charge in [0.25, 0.3) is 0 Å². The van der Waals surface area contributed by atoms with Crippen LogP contribution < -0.4 is 0 Å². The first kappa shape index (κ1) is 22.1. The van der Waals surface area contributed by atoms with Crippen LogP contribution in [-0.2, 0) is 4.57 Å². The quantitative estimate of drug-likeness (QED) is 0.271. The summed E-state index contributed by atoms with van der Waals surface area (Å²) in [5.74, 6) is 0. The van der Waals surface area contributed by atoms with Crippen molar-refractivity contribution in [2.45, 2.75) is 84.0 Å². The molecule has 0 aromatic heterocycles. The number of allylic oxidation sites excluding steroid dienone is 1. The second-order valence-electron chi connectivity index (χ2n) is 5.13. The van der Waals surface area contributed by atoms with Crippen molar-refractivity contribution in [1.82, 2.24) is 0 Å². The van der Waals surface area contributed by atoms with Gasteiger partial charge in [-0.1, -0.05) is 77.2 Å². The van der Waals surface area contributed by atoms with Crippen molar-refractivity contribution in [3.05, 3.63) is 12.7 Å². The lowest BCUT2D eigenvalue weighted by Crippen LogP contribution is -1.81. The van der Waals surface area contributed by atoms with Crippen molar-refractivity contribution in [3.63, 3.8) is 0 Å². The maximum absolute atomic E-state index is 8.88. The monoisotopic (exact) mass is 308 g/mol. The molecule has 0 aromatic rings. The van der Waals surface area contributed by atoms with Crippen LogP contribution in [0.25, 0.3) is 0 Å². The maximum Gasteiger partial charge on any atom is 0.466 e. The summed E-state index contributed by atoms with van der Waals surface area (Å²) < 4.78 is 8.88. The van der Waals surface area contributed by atoms with Crippen LogP contribution in [0.3, 0.4) is 0 Å². The Labute approximate surface area is 124 Å². The van der Waals surface area contributed by atoms with Gasteiger partial charge in [0.05, 0.1) is 0 Å². The number of hydrogen-bond acceptors (Lipinski definition) is 1. The van der Waals surface area contributed by atoms with E-state index in [2.05, 4.69) is 13.5 Å². The van der Waals surface area contributed by atoms with Crippen LogP contribution in [0.5, 0.6) is 0 Å². The third-order valence-corrected chi connectivity index (χ3v) is 3.01. The Hall–Kier alpha value is -0.150. The molecular weight excluding hydrogens is 275 g/mol. The second kappa shape index (κ2) is 16.9. The van der Waals surface area contributed by atoms with Crippen LogP contribution in [0.15, 0.2) is 12.7 Å². The Kier molecular flexibility index (Phi) is 18.7. The molecule has 3 N–H and O–H groups in total. The molecule has 5 heteroatoms. The Morgan fingerprint density at radius 2 is 1.10 bits per heavy atom. The SMILES string of the molecule is C=CCCCCCCCCCCCCC.O=P(O)(O)O. The van der Waals surface area contributed by atoms with Crippen LogP contribution in [0.1, 0.15) is 84.0 Å². The van der Waals surface area contributed by atoms with Gasteiger partial charge in [0.2, 0.25) is 0 Å². The summed E-state index contributed by atoms with van der Waals surface area (Å²) in [6, 6.07) is 0. The van der Waals surface area contributed by atoms with Crippen molar-refractivity contribution >= 4 is 7.82 Å². The zero-order valence-corrected chi connectivity index (χ0v) is 13.9. The normalized spacial score (nSPS) is 10.8. The molecule has 0 rings (SSSR count). The molecule has 0 aliphatic heterocycles. The molecule has 0 fully saturated rings. The Morgan fingerprint density at radius 3 is 1.40 bits per heavy atom. The minimum atomic E-state index is -4.64. The van der Waals surface area contributed by atoms with Crippen molar-refractivity contribution in [1.29, 1.82) is 0 Å². The van der Waals surface area contributed by atoms with Crippen molar-refractivity contribution in [2.24, 2.45) is 0 Å². The fraction of sp³-hybridized carbons (Fsp3) is 0.867. The Balaban J connectivity index is 0. The molecule has 122 valence electrons. The van der Waals surface area contributed by atoms with Crippen LogP contribution >= 0.6 is 7.82 Å². The molecule has 0 amide bonds. The summed E-state index contributed by atoms with van der Waals surface area (Å²) in [6.45, 7) is 6.02. The minimum Gasteiger partial charge on any atom is -0.303 e. The molecular formula is C15H33O4P. The van der Waals surface area contributed by atoms with Gasteiger partial charge in [-0.25, -0.2) is 4.57 Å². The summed E-state index contributed by atoms with van der Waals surface area (Å²) in [7, 11) is -4.64. The topological polar surface area (TPSA) is 77.8 Å². The van der Waals surface area contributed by atoms with E-state index in [0.29, 0.717) is 0 Å². The van der Waals surface area contributed by atoms with E-state index in [4.69, 9.17) is 19.2 Å². The van der Waals surface area contributed by atoms with E-state index in [9.17, 15) is 0 Å². The van der Waals surface area contributed by atoms with Gasteiger partial charge >= 0.3 is 7.82 Å². The van der Waals surface area contributed by atoms with Crippen molar-refractivity contribution in [3.8, 4) is 0 Å². The lowest BCUT2D eigenvalue weighted by atomic mass is 10.1. The van der Waals surface area contributed by atoms with Crippen LogP contribution in [0.2, 0.25) is 0 Å². The van der Waals surface area contributed by atoms with Crippen molar-refractivity contribution < 1.29 is 19.2 Å². The van der Waals surface area contributed by atoms with Gasteiger partial charge in [0, 0.05) is 0 Å². The van der Waals surface area contributed by atoms with Gasteiger partial charge in [-0.05, 0) is 12.8 Å². The number of hydrogen-bond donors (Lipinski definition) is 3. The van der Waals surface area contributed by atoms with E-state index in [0.717, 1.165) is 0 Å². The number of phosphoric acid groups is 1. The molecule has 0 saturated heterocycles. The zero-order chi connectivity index (χ0) is 15.7. The van der Waals surface area contributed by atoms with E-state index in [1.807, 2.05) is 6.08 Å². The van der Waals surface area contributed by atoms with Crippen molar-refractivity contribution in [2.75, 3.05) is 0 Å². The zero-order valence-electron chi connectivity index (χ0n) is 13.0. The lowest BCUT2D eigenvalue weighted by Gasteiger charge is -2.01. The van der Waals surface area contributed by atoms with Crippen LogP contribution in [0, 0.1) is 0 Å². The van der Waals surface area contributed by atoms with Gasteiger partial charge < -0.3 is 14.7 Å². The number of unbranched alkanes of at least 4 members (excludes halogenated alkanes) is 11. The first-order valence-corrected chi connectivity index (χ1v) is 9.37. The first-order chi connectivity index (χ1) is 9.41. The second-order valence-corrected chi connectivity index (χ2v) is 6.15. The molecule has 0 unspecified atom stereocenters. The molecule has 4 nitrogen and oxygen atoms in total. The molecule has 0 atom stereocenters. The highest BCUT2D eigenvalue weighted by molar-refractivity contribution is 7.45. The smallest absolute Gasteiger partial charge is 0.303 e. The lowest BCUT2D eigenvalue weighted by molar-refractivity contribution is 0.275. The van der Waals surface area contributed by atoms with Crippen LogP contribution in [0.4, 0.5) is 0 Å². The fourth-order valence-electron chi connectivity index (χ4n) is 1.95.